The SMILES string of the molecule is C=C(OCC)c1ccc(C[C@@](CCO)(NC(=O)O)C(C)(C)C)cc1. The molecular weight excluding hydrogens is 306 g/mol. The smallest absolute Gasteiger partial charge is 0.405 e. The highest BCUT2D eigenvalue weighted by Crippen LogP contribution is 2.36. The molecule has 5 heteroatoms. The number of aliphatic hydroxyl groups is 1. The largest absolute Gasteiger partial charge is 0.494 e. The van der Waals surface area contributed by atoms with Crippen LogP contribution in [0.2, 0.25) is 0 Å². The van der Waals surface area contributed by atoms with E-state index in [9.17, 15) is 15.0 Å². The Balaban J connectivity index is 3.09. The van der Waals surface area contributed by atoms with Gasteiger partial charge in [0.25, 0.3) is 0 Å². The van der Waals surface area contributed by atoms with Crippen LogP contribution in [-0.4, -0.2) is 35.1 Å². The number of amides is 1. The second-order valence-corrected chi connectivity index (χ2v) is 6.97. The molecule has 5 nitrogen and oxygen atoms in total. The minimum Gasteiger partial charge on any atom is -0.494 e. The van der Waals surface area contributed by atoms with Crippen LogP contribution in [0.15, 0.2) is 30.8 Å². The van der Waals surface area contributed by atoms with Gasteiger partial charge in [-0.05, 0) is 30.7 Å². The highest BCUT2D eigenvalue weighted by Gasteiger charge is 2.42. The Morgan fingerprint density at radius 1 is 1.25 bits per heavy atom. The molecule has 0 aliphatic carbocycles. The summed E-state index contributed by atoms with van der Waals surface area (Å²) in [6, 6.07) is 7.72. The van der Waals surface area contributed by atoms with Crippen molar-refractivity contribution < 1.29 is 19.7 Å². The molecule has 1 aromatic carbocycles. The van der Waals surface area contributed by atoms with Crippen LogP contribution < -0.4 is 5.32 Å². The molecule has 0 saturated heterocycles. The van der Waals surface area contributed by atoms with Gasteiger partial charge in [-0.15, -0.1) is 0 Å². The molecule has 0 unspecified atom stereocenters. The second kappa shape index (κ2) is 8.20. The minimum atomic E-state index is -1.08. The summed E-state index contributed by atoms with van der Waals surface area (Å²) < 4.78 is 5.40. The third-order valence-electron chi connectivity index (χ3n) is 4.42. The molecule has 0 aliphatic rings. The van der Waals surface area contributed by atoms with E-state index < -0.39 is 11.6 Å². The number of carbonyl (C=O) groups is 1. The van der Waals surface area contributed by atoms with Crippen molar-refractivity contribution in [2.75, 3.05) is 13.2 Å². The number of hydrogen-bond donors (Lipinski definition) is 3. The lowest BCUT2D eigenvalue weighted by Crippen LogP contribution is -2.58. The topological polar surface area (TPSA) is 78.8 Å². The van der Waals surface area contributed by atoms with Gasteiger partial charge in [0.1, 0.15) is 5.76 Å². The Labute approximate surface area is 144 Å². The van der Waals surface area contributed by atoms with Crippen molar-refractivity contribution in [2.45, 2.75) is 46.1 Å². The predicted molar refractivity (Wildman–Crippen MR) is 95.9 cm³/mol. The minimum absolute atomic E-state index is 0.0865. The molecule has 0 bridgehead atoms. The van der Waals surface area contributed by atoms with Gasteiger partial charge in [0.05, 0.1) is 12.1 Å². The maximum Gasteiger partial charge on any atom is 0.405 e. The predicted octanol–water partition coefficient (Wildman–Crippen LogP) is 3.67. The molecule has 134 valence electrons. The van der Waals surface area contributed by atoms with Crippen LogP contribution >= 0.6 is 0 Å². The molecule has 0 saturated carbocycles. The van der Waals surface area contributed by atoms with E-state index in [1.54, 1.807) is 0 Å². The van der Waals surface area contributed by atoms with E-state index in [0.29, 0.717) is 25.2 Å². The molecule has 0 radical (unpaired) electrons. The molecule has 0 heterocycles. The summed E-state index contributed by atoms with van der Waals surface area (Å²) in [5, 5.41) is 21.4. The van der Waals surface area contributed by atoms with E-state index in [-0.39, 0.29) is 12.0 Å². The number of hydrogen-bond acceptors (Lipinski definition) is 3. The Kier molecular flexibility index (Phi) is 6.84. The van der Waals surface area contributed by atoms with Crippen LogP contribution in [-0.2, 0) is 11.2 Å². The zero-order chi connectivity index (χ0) is 18.4. The Hall–Kier alpha value is -2.01. The third kappa shape index (κ3) is 4.99. The van der Waals surface area contributed by atoms with Gasteiger partial charge in [-0.1, -0.05) is 51.6 Å². The fraction of sp³-hybridized carbons (Fsp3) is 0.526. The van der Waals surface area contributed by atoms with Crippen molar-refractivity contribution in [3.8, 4) is 0 Å². The van der Waals surface area contributed by atoms with Crippen molar-refractivity contribution in [3.05, 3.63) is 42.0 Å². The van der Waals surface area contributed by atoms with Gasteiger partial charge < -0.3 is 20.3 Å². The van der Waals surface area contributed by atoms with Crippen LogP contribution in [0.25, 0.3) is 5.76 Å². The van der Waals surface area contributed by atoms with Gasteiger partial charge in [-0.25, -0.2) is 4.79 Å². The first-order valence-electron chi connectivity index (χ1n) is 8.18. The summed E-state index contributed by atoms with van der Waals surface area (Å²) in [6.07, 6.45) is -0.249. The monoisotopic (exact) mass is 335 g/mol. The summed E-state index contributed by atoms with van der Waals surface area (Å²) in [5.41, 5.74) is 0.767. The summed E-state index contributed by atoms with van der Waals surface area (Å²) in [4.78, 5) is 11.3. The molecular formula is C19H29NO4. The first-order valence-corrected chi connectivity index (χ1v) is 8.18. The van der Waals surface area contributed by atoms with Gasteiger partial charge in [-0.2, -0.15) is 0 Å². The van der Waals surface area contributed by atoms with Crippen LogP contribution in [0.4, 0.5) is 4.79 Å². The van der Waals surface area contributed by atoms with Crippen LogP contribution in [0.5, 0.6) is 0 Å². The molecule has 1 atom stereocenters. The average Bonchev–Trinajstić information content (AvgIpc) is 2.46. The van der Waals surface area contributed by atoms with Crippen LogP contribution in [0.1, 0.15) is 45.2 Å². The van der Waals surface area contributed by atoms with Gasteiger partial charge in [0.2, 0.25) is 0 Å². The number of aliphatic hydroxyl groups excluding tert-OH is 1. The number of nitrogens with one attached hydrogen (secondary N) is 1. The molecule has 1 rings (SSSR count). The highest BCUT2D eigenvalue weighted by molar-refractivity contribution is 5.66. The maximum atomic E-state index is 11.3. The number of benzene rings is 1. The molecule has 1 amide bonds. The standard InChI is InChI=1S/C19H29NO4/c1-6-24-14(2)16-9-7-15(8-10-16)13-19(11-12-21,18(3,4)5)20-17(22)23/h7-10,20-21H,2,6,11-13H2,1,3-5H3,(H,22,23)/t19-/m1/s1. The molecule has 0 fully saturated rings. The van der Waals surface area contributed by atoms with Crippen LogP contribution in [0, 0.1) is 5.41 Å². The summed E-state index contributed by atoms with van der Waals surface area (Å²) in [6.45, 7) is 12.2. The van der Waals surface area contributed by atoms with E-state index in [1.165, 1.54) is 0 Å². The van der Waals surface area contributed by atoms with Crippen molar-refractivity contribution in [3.63, 3.8) is 0 Å². The number of rotatable bonds is 8. The molecule has 0 aromatic heterocycles. The molecule has 1 aromatic rings. The highest BCUT2D eigenvalue weighted by atomic mass is 16.5. The van der Waals surface area contributed by atoms with Gasteiger partial charge in [0, 0.05) is 12.2 Å². The van der Waals surface area contributed by atoms with E-state index in [2.05, 4.69) is 11.9 Å². The Bertz CT molecular complexity index is 560. The number of ether oxygens (including phenoxy) is 1. The lowest BCUT2D eigenvalue weighted by atomic mass is 9.68. The molecule has 0 spiro atoms. The lowest BCUT2D eigenvalue weighted by Gasteiger charge is -2.45. The van der Waals surface area contributed by atoms with Gasteiger partial charge in [-0.3, -0.25) is 0 Å². The van der Waals surface area contributed by atoms with E-state index in [4.69, 9.17) is 4.74 Å². The van der Waals surface area contributed by atoms with E-state index in [1.807, 2.05) is 52.0 Å². The summed E-state index contributed by atoms with van der Waals surface area (Å²) in [5.74, 6) is 0.616. The van der Waals surface area contributed by atoms with Gasteiger partial charge >= 0.3 is 6.09 Å². The van der Waals surface area contributed by atoms with E-state index in [0.717, 1.165) is 11.1 Å². The molecule has 0 aliphatic heterocycles. The van der Waals surface area contributed by atoms with Crippen molar-refractivity contribution in [1.29, 1.82) is 0 Å². The quantitative estimate of drug-likeness (QED) is 0.633. The first-order chi connectivity index (χ1) is 11.1. The molecule has 3 N–H and O–H groups in total. The fourth-order valence-electron chi connectivity index (χ4n) is 2.83. The fourth-order valence-corrected chi connectivity index (χ4v) is 2.83. The Morgan fingerprint density at radius 2 is 1.83 bits per heavy atom. The van der Waals surface area contributed by atoms with Crippen molar-refractivity contribution >= 4 is 11.9 Å². The second-order valence-electron chi connectivity index (χ2n) is 6.97. The zero-order valence-electron chi connectivity index (χ0n) is 15.1. The Morgan fingerprint density at radius 3 is 2.25 bits per heavy atom. The van der Waals surface area contributed by atoms with Crippen LogP contribution in [0.3, 0.4) is 0 Å². The number of carboxylic acid groups (broad SMARTS) is 1. The normalized spacial score (nSPS) is 13.9. The average molecular weight is 335 g/mol. The maximum absolute atomic E-state index is 11.3. The lowest BCUT2D eigenvalue weighted by molar-refractivity contribution is 0.0903. The van der Waals surface area contributed by atoms with Crippen molar-refractivity contribution in [1.82, 2.24) is 5.32 Å². The third-order valence-corrected chi connectivity index (χ3v) is 4.42. The zero-order valence-corrected chi connectivity index (χ0v) is 15.1. The molecule has 24 heavy (non-hydrogen) atoms. The van der Waals surface area contributed by atoms with E-state index >= 15 is 0 Å². The van der Waals surface area contributed by atoms with Gasteiger partial charge in [0.15, 0.2) is 0 Å². The summed E-state index contributed by atoms with van der Waals surface area (Å²) in [7, 11) is 0. The van der Waals surface area contributed by atoms with Crippen molar-refractivity contribution in [2.24, 2.45) is 5.41 Å². The summed E-state index contributed by atoms with van der Waals surface area (Å²) >= 11 is 0. The first kappa shape index (κ1) is 20.0.